The highest BCUT2D eigenvalue weighted by Gasteiger charge is 2.27. The number of aryl methyl sites for hydroxylation is 2. The van der Waals surface area contributed by atoms with Gasteiger partial charge in [0.2, 0.25) is 20.0 Å². The average molecular weight is 466 g/mol. The van der Waals surface area contributed by atoms with Gasteiger partial charge in [-0.15, -0.1) is 0 Å². The summed E-state index contributed by atoms with van der Waals surface area (Å²) in [4.78, 5) is 13.0. The van der Waals surface area contributed by atoms with Gasteiger partial charge in [-0.1, -0.05) is 18.6 Å². The summed E-state index contributed by atoms with van der Waals surface area (Å²) in [5.74, 6) is -0.470. The Morgan fingerprint density at radius 3 is 2.19 bits per heavy atom. The van der Waals surface area contributed by atoms with E-state index < -0.39 is 26.0 Å². The molecule has 0 atom stereocenters. The minimum Gasteiger partial charge on any atom is -0.322 e. The minimum absolute atomic E-state index is 0.0912. The van der Waals surface area contributed by atoms with Crippen LogP contribution in [0.25, 0.3) is 0 Å². The molecule has 1 aliphatic heterocycles. The van der Waals surface area contributed by atoms with E-state index in [0.29, 0.717) is 35.6 Å². The number of carbonyl (C=O) groups is 1. The third-order valence-electron chi connectivity index (χ3n) is 5.20. The number of sulfonamides is 2. The van der Waals surface area contributed by atoms with Gasteiger partial charge in [-0.05, 0) is 62.1 Å². The highest BCUT2D eigenvalue weighted by atomic mass is 32.2. The molecule has 31 heavy (non-hydrogen) atoms. The van der Waals surface area contributed by atoms with Gasteiger partial charge in [0.1, 0.15) is 0 Å². The second-order valence-electron chi connectivity index (χ2n) is 7.80. The van der Waals surface area contributed by atoms with Crippen LogP contribution in [0.2, 0.25) is 0 Å². The van der Waals surface area contributed by atoms with Crippen molar-refractivity contribution in [3.05, 3.63) is 53.1 Å². The van der Waals surface area contributed by atoms with Crippen molar-refractivity contribution in [2.24, 2.45) is 0 Å². The predicted molar refractivity (Wildman–Crippen MR) is 121 cm³/mol. The number of anilines is 2. The van der Waals surface area contributed by atoms with E-state index in [9.17, 15) is 21.6 Å². The van der Waals surface area contributed by atoms with Crippen molar-refractivity contribution in [1.29, 1.82) is 0 Å². The lowest BCUT2D eigenvalue weighted by molar-refractivity contribution is 0.102. The summed E-state index contributed by atoms with van der Waals surface area (Å²) in [6, 6.07) is 9.42. The number of carbonyl (C=O) groups excluding carboxylic acids is 1. The van der Waals surface area contributed by atoms with Gasteiger partial charge >= 0.3 is 0 Å². The van der Waals surface area contributed by atoms with Gasteiger partial charge in [-0.2, -0.15) is 4.31 Å². The highest BCUT2D eigenvalue weighted by molar-refractivity contribution is 7.92. The second-order valence-corrected chi connectivity index (χ2v) is 11.5. The summed E-state index contributed by atoms with van der Waals surface area (Å²) >= 11 is 0. The molecule has 2 aromatic carbocycles. The van der Waals surface area contributed by atoms with Crippen LogP contribution in [0.15, 0.2) is 41.3 Å². The highest BCUT2D eigenvalue weighted by Crippen LogP contribution is 2.25. The van der Waals surface area contributed by atoms with Crippen molar-refractivity contribution in [3.63, 3.8) is 0 Å². The third kappa shape index (κ3) is 5.63. The molecule has 3 rings (SSSR count). The molecule has 168 valence electrons. The van der Waals surface area contributed by atoms with Crippen molar-refractivity contribution < 1.29 is 21.6 Å². The van der Waals surface area contributed by atoms with Crippen LogP contribution in [0, 0.1) is 13.8 Å². The molecule has 0 aromatic heterocycles. The summed E-state index contributed by atoms with van der Waals surface area (Å²) in [5.41, 5.74) is 2.34. The Kier molecular flexibility index (Phi) is 6.73. The van der Waals surface area contributed by atoms with Crippen LogP contribution in [0.3, 0.4) is 0 Å². The van der Waals surface area contributed by atoms with E-state index >= 15 is 0 Å². The van der Waals surface area contributed by atoms with E-state index in [2.05, 4.69) is 10.0 Å². The van der Waals surface area contributed by atoms with E-state index in [4.69, 9.17) is 0 Å². The molecule has 1 amide bonds. The largest absolute Gasteiger partial charge is 0.322 e. The maximum atomic E-state index is 13.0. The standard InChI is InChI=1S/C21H27N3O5S2/c1-15-8-10-18(31(28,29)24-11-5-4-6-12-24)14-19(15)21(25)22-17-9-7-16(2)20(13-17)23-30(3,26)27/h7-10,13-14,23H,4-6,11-12H2,1-3H3,(H,22,25). The molecule has 0 saturated carbocycles. The molecule has 1 fully saturated rings. The molecule has 1 heterocycles. The zero-order valence-electron chi connectivity index (χ0n) is 17.8. The number of nitrogens with one attached hydrogen (secondary N) is 2. The first-order valence-electron chi connectivity index (χ1n) is 9.98. The zero-order chi connectivity index (χ0) is 22.8. The van der Waals surface area contributed by atoms with Gasteiger partial charge in [0.15, 0.2) is 0 Å². The van der Waals surface area contributed by atoms with Gasteiger partial charge < -0.3 is 5.32 Å². The molecule has 2 N–H and O–H groups in total. The van der Waals surface area contributed by atoms with Crippen molar-refractivity contribution in [3.8, 4) is 0 Å². The second kappa shape index (κ2) is 8.97. The smallest absolute Gasteiger partial charge is 0.255 e. The third-order valence-corrected chi connectivity index (χ3v) is 7.68. The first-order valence-corrected chi connectivity index (χ1v) is 13.3. The van der Waals surface area contributed by atoms with Gasteiger partial charge in [0.05, 0.1) is 16.8 Å². The predicted octanol–water partition coefficient (Wildman–Crippen LogP) is 3.10. The molecule has 0 unspecified atom stereocenters. The monoisotopic (exact) mass is 465 g/mol. The number of rotatable bonds is 6. The SMILES string of the molecule is Cc1ccc(NC(=O)c2cc(S(=O)(=O)N3CCCCC3)ccc2C)cc1NS(C)(=O)=O. The fourth-order valence-electron chi connectivity index (χ4n) is 3.47. The Hall–Kier alpha value is -2.43. The van der Waals surface area contributed by atoms with E-state index in [-0.39, 0.29) is 10.5 Å². The first kappa shape index (κ1) is 23.2. The Bertz CT molecular complexity index is 1200. The Morgan fingerprint density at radius 1 is 0.903 bits per heavy atom. The molecule has 2 aromatic rings. The molecule has 0 aliphatic carbocycles. The molecule has 10 heteroatoms. The molecule has 0 bridgehead atoms. The molecular formula is C21H27N3O5S2. The number of hydrogen-bond donors (Lipinski definition) is 2. The molecule has 1 aliphatic rings. The lowest BCUT2D eigenvalue weighted by Crippen LogP contribution is -2.35. The van der Waals surface area contributed by atoms with Gasteiger partial charge in [0.25, 0.3) is 5.91 Å². The quantitative estimate of drug-likeness (QED) is 0.681. The maximum absolute atomic E-state index is 13.0. The molecular weight excluding hydrogens is 438 g/mol. The Balaban J connectivity index is 1.87. The van der Waals surface area contributed by atoms with Crippen LogP contribution in [-0.4, -0.2) is 46.4 Å². The fraction of sp³-hybridized carbons (Fsp3) is 0.381. The summed E-state index contributed by atoms with van der Waals surface area (Å²) in [6.07, 6.45) is 3.72. The van der Waals surface area contributed by atoms with Crippen molar-refractivity contribution in [1.82, 2.24) is 4.31 Å². The van der Waals surface area contributed by atoms with Crippen LogP contribution in [0.4, 0.5) is 11.4 Å². The fourth-order valence-corrected chi connectivity index (χ4v) is 5.63. The van der Waals surface area contributed by atoms with Crippen LogP contribution in [-0.2, 0) is 20.0 Å². The van der Waals surface area contributed by atoms with Gasteiger partial charge in [0, 0.05) is 24.3 Å². The average Bonchev–Trinajstić information content (AvgIpc) is 2.70. The maximum Gasteiger partial charge on any atom is 0.255 e. The van der Waals surface area contributed by atoms with Crippen LogP contribution < -0.4 is 10.0 Å². The van der Waals surface area contributed by atoms with E-state index in [1.54, 1.807) is 32.0 Å². The normalized spacial score (nSPS) is 15.5. The number of amides is 1. The van der Waals surface area contributed by atoms with Gasteiger partial charge in [-0.3, -0.25) is 9.52 Å². The molecule has 8 nitrogen and oxygen atoms in total. The minimum atomic E-state index is -3.66. The van der Waals surface area contributed by atoms with E-state index in [0.717, 1.165) is 25.5 Å². The van der Waals surface area contributed by atoms with Crippen molar-refractivity contribution in [2.75, 3.05) is 29.4 Å². The van der Waals surface area contributed by atoms with Crippen LogP contribution >= 0.6 is 0 Å². The van der Waals surface area contributed by atoms with E-state index in [1.807, 2.05) is 0 Å². The van der Waals surface area contributed by atoms with E-state index in [1.165, 1.54) is 22.5 Å². The number of hydrogen-bond acceptors (Lipinski definition) is 5. The van der Waals surface area contributed by atoms with Gasteiger partial charge in [-0.25, -0.2) is 16.8 Å². The van der Waals surface area contributed by atoms with Crippen LogP contribution in [0.1, 0.15) is 40.7 Å². The lowest BCUT2D eigenvalue weighted by Gasteiger charge is -2.26. The topological polar surface area (TPSA) is 113 Å². The molecule has 1 saturated heterocycles. The van der Waals surface area contributed by atoms with Crippen molar-refractivity contribution in [2.45, 2.75) is 38.0 Å². The molecule has 0 spiro atoms. The Morgan fingerprint density at radius 2 is 1.55 bits per heavy atom. The van der Waals surface area contributed by atoms with Crippen molar-refractivity contribution >= 4 is 37.3 Å². The number of piperidine rings is 1. The summed E-state index contributed by atoms with van der Waals surface area (Å²) in [5, 5.41) is 2.73. The summed E-state index contributed by atoms with van der Waals surface area (Å²) in [6.45, 7) is 4.45. The summed E-state index contributed by atoms with van der Waals surface area (Å²) < 4.78 is 52.9. The summed E-state index contributed by atoms with van der Waals surface area (Å²) in [7, 11) is -7.13. The first-order chi connectivity index (χ1) is 14.5. The number of nitrogens with zero attached hydrogens (tertiary/aromatic N) is 1. The Labute approximate surface area is 183 Å². The number of benzene rings is 2. The zero-order valence-corrected chi connectivity index (χ0v) is 19.4. The lowest BCUT2D eigenvalue weighted by atomic mass is 10.1. The molecule has 0 radical (unpaired) electrons. The van der Waals surface area contributed by atoms with Crippen LogP contribution in [0.5, 0.6) is 0 Å².